The maximum atomic E-state index is 12.6. The van der Waals surface area contributed by atoms with Crippen LogP contribution in [-0.4, -0.2) is 55.6 Å². The first-order chi connectivity index (χ1) is 12.6. The van der Waals surface area contributed by atoms with Crippen LogP contribution >= 0.6 is 0 Å². The van der Waals surface area contributed by atoms with E-state index in [9.17, 15) is 9.59 Å². The third-order valence-electron chi connectivity index (χ3n) is 4.35. The molecular weight excluding hydrogens is 334 g/mol. The van der Waals surface area contributed by atoms with Gasteiger partial charge in [-0.05, 0) is 12.1 Å². The topological polar surface area (TPSA) is 72.0 Å². The number of hydrogen-bond acceptors (Lipinski definition) is 5. The van der Waals surface area contributed by atoms with E-state index in [1.807, 2.05) is 24.3 Å². The van der Waals surface area contributed by atoms with Gasteiger partial charge in [0.2, 0.25) is 17.7 Å². The molecule has 1 aromatic heterocycles. The van der Waals surface area contributed by atoms with Crippen molar-refractivity contribution in [2.45, 2.75) is 6.42 Å². The van der Waals surface area contributed by atoms with Gasteiger partial charge in [-0.25, -0.2) is 4.98 Å². The predicted octanol–water partition coefficient (Wildman–Crippen LogP) is 1.52. The van der Waals surface area contributed by atoms with Gasteiger partial charge in [-0.3, -0.25) is 9.59 Å². The molecule has 0 N–H and O–H groups in total. The molecule has 0 unspecified atom stereocenters. The number of ether oxygens (including phenoxy) is 2. The van der Waals surface area contributed by atoms with Crippen LogP contribution in [0.3, 0.4) is 0 Å². The van der Waals surface area contributed by atoms with Crippen molar-refractivity contribution in [3.05, 3.63) is 48.2 Å². The van der Waals surface area contributed by atoms with Gasteiger partial charge in [-0.2, -0.15) is 0 Å². The van der Waals surface area contributed by atoms with E-state index in [2.05, 4.69) is 4.98 Å². The Morgan fingerprint density at radius 1 is 1.15 bits per heavy atom. The lowest BCUT2D eigenvalue weighted by Gasteiger charge is -2.34. The lowest BCUT2D eigenvalue weighted by molar-refractivity contribution is -0.136. The zero-order chi connectivity index (χ0) is 18.5. The second-order valence-corrected chi connectivity index (χ2v) is 5.91. The fourth-order valence-electron chi connectivity index (χ4n) is 2.96. The summed E-state index contributed by atoms with van der Waals surface area (Å²) in [6.07, 6.45) is 1.81. The molecular formula is C19H21N3O4. The third-order valence-corrected chi connectivity index (χ3v) is 4.35. The maximum absolute atomic E-state index is 12.6. The largest absolute Gasteiger partial charge is 0.496 e. The Bertz CT molecular complexity index is 809. The molecule has 1 saturated heterocycles. The van der Waals surface area contributed by atoms with Crippen molar-refractivity contribution in [1.82, 2.24) is 9.88 Å². The van der Waals surface area contributed by atoms with Gasteiger partial charge in [0, 0.05) is 30.9 Å². The van der Waals surface area contributed by atoms with E-state index in [0.29, 0.717) is 24.7 Å². The lowest BCUT2D eigenvalue weighted by atomic mass is 10.1. The number of piperazine rings is 1. The van der Waals surface area contributed by atoms with Crippen LogP contribution < -0.4 is 14.4 Å². The number of carbonyl (C=O) groups is 2. The van der Waals surface area contributed by atoms with Crippen LogP contribution in [0.15, 0.2) is 42.6 Å². The molecule has 2 amide bonds. The van der Waals surface area contributed by atoms with Gasteiger partial charge in [0.1, 0.15) is 12.3 Å². The Labute approximate surface area is 152 Å². The summed E-state index contributed by atoms with van der Waals surface area (Å²) in [5, 5.41) is 0. The fraction of sp³-hybridized carbons (Fsp3) is 0.316. The molecule has 7 heteroatoms. The highest BCUT2D eigenvalue weighted by atomic mass is 16.5. The minimum absolute atomic E-state index is 0.0542. The number of carbonyl (C=O) groups excluding carboxylic acids is 2. The van der Waals surface area contributed by atoms with Gasteiger partial charge in [-0.1, -0.05) is 18.2 Å². The van der Waals surface area contributed by atoms with Gasteiger partial charge >= 0.3 is 0 Å². The molecule has 0 aliphatic carbocycles. The molecule has 0 atom stereocenters. The highest BCUT2D eigenvalue weighted by Crippen LogP contribution is 2.22. The van der Waals surface area contributed by atoms with Gasteiger partial charge in [-0.15, -0.1) is 0 Å². The SMILES string of the molecule is COc1cc(N2CCN(C(=O)Cc3ccccc3OC)CC2=O)ccn1. The van der Waals surface area contributed by atoms with Gasteiger partial charge in [0.15, 0.2) is 0 Å². The Morgan fingerprint density at radius 2 is 1.96 bits per heavy atom. The Balaban J connectivity index is 1.66. The standard InChI is InChI=1S/C19H21N3O4/c1-25-16-6-4-3-5-14(16)11-18(23)21-9-10-22(19(24)13-21)15-7-8-20-17(12-15)26-2/h3-8,12H,9-11,13H2,1-2H3. The Morgan fingerprint density at radius 3 is 2.69 bits per heavy atom. The normalized spacial score (nSPS) is 14.3. The molecule has 3 rings (SSSR count). The van der Waals surface area contributed by atoms with E-state index in [4.69, 9.17) is 9.47 Å². The second kappa shape index (κ2) is 7.86. The first-order valence-corrected chi connectivity index (χ1v) is 8.32. The first kappa shape index (κ1) is 17.7. The lowest BCUT2D eigenvalue weighted by Crippen LogP contribution is -2.52. The van der Waals surface area contributed by atoms with Crippen molar-refractivity contribution in [3.8, 4) is 11.6 Å². The number of para-hydroxylation sites is 1. The minimum atomic E-state index is -0.127. The first-order valence-electron chi connectivity index (χ1n) is 8.32. The summed E-state index contributed by atoms with van der Waals surface area (Å²) in [6, 6.07) is 10.9. The smallest absolute Gasteiger partial charge is 0.246 e. The predicted molar refractivity (Wildman–Crippen MR) is 96.4 cm³/mol. The quantitative estimate of drug-likeness (QED) is 0.813. The molecule has 2 aromatic rings. The van der Waals surface area contributed by atoms with Crippen LogP contribution in [-0.2, 0) is 16.0 Å². The van der Waals surface area contributed by atoms with Crippen LogP contribution in [0.2, 0.25) is 0 Å². The van der Waals surface area contributed by atoms with Crippen LogP contribution in [0.4, 0.5) is 5.69 Å². The molecule has 2 heterocycles. The average Bonchev–Trinajstić information content (AvgIpc) is 2.68. The summed E-state index contributed by atoms with van der Waals surface area (Å²) >= 11 is 0. The van der Waals surface area contributed by atoms with Crippen LogP contribution in [0, 0.1) is 0 Å². The average molecular weight is 355 g/mol. The van der Waals surface area contributed by atoms with Crippen LogP contribution in [0.1, 0.15) is 5.56 Å². The maximum Gasteiger partial charge on any atom is 0.246 e. The summed E-state index contributed by atoms with van der Waals surface area (Å²) in [7, 11) is 3.11. The van der Waals surface area contributed by atoms with Crippen molar-refractivity contribution in [2.24, 2.45) is 0 Å². The summed E-state index contributed by atoms with van der Waals surface area (Å²) < 4.78 is 10.4. The molecule has 136 valence electrons. The molecule has 1 aliphatic heterocycles. The monoisotopic (exact) mass is 355 g/mol. The number of amides is 2. The van der Waals surface area contributed by atoms with Crippen molar-refractivity contribution < 1.29 is 19.1 Å². The van der Waals surface area contributed by atoms with Crippen LogP contribution in [0.5, 0.6) is 11.6 Å². The molecule has 1 fully saturated rings. The van der Waals surface area contributed by atoms with E-state index < -0.39 is 0 Å². The van der Waals surface area contributed by atoms with Gasteiger partial charge < -0.3 is 19.3 Å². The number of nitrogens with zero attached hydrogens (tertiary/aromatic N) is 3. The third kappa shape index (κ3) is 3.77. The number of pyridine rings is 1. The van der Waals surface area contributed by atoms with Crippen molar-refractivity contribution in [1.29, 1.82) is 0 Å². The summed E-state index contributed by atoms with van der Waals surface area (Å²) in [5.74, 6) is 0.910. The molecule has 0 spiro atoms. The Hall–Kier alpha value is -3.09. The van der Waals surface area contributed by atoms with Crippen molar-refractivity contribution in [3.63, 3.8) is 0 Å². The zero-order valence-corrected chi connectivity index (χ0v) is 14.8. The van der Waals surface area contributed by atoms with Gasteiger partial charge in [0.25, 0.3) is 0 Å². The van der Waals surface area contributed by atoms with Gasteiger partial charge in [0.05, 0.1) is 26.3 Å². The summed E-state index contributed by atoms with van der Waals surface area (Å²) in [6.45, 7) is 0.965. The number of methoxy groups -OCH3 is 2. The van der Waals surface area contributed by atoms with E-state index in [0.717, 1.165) is 11.3 Å². The summed E-state index contributed by atoms with van der Waals surface area (Å²) in [4.78, 5) is 32.4. The molecule has 1 aliphatic rings. The molecule has 0 bridgehead atoms. The molecule has 1 aromatic carbocycles. The van der Waals surface area contributed by atoms with E-state index in [1.165, 1.54) is 7.11 Å². The number of rotatable bonds is 5. The Kier molecular flexibility index (Phi) is 5.36. The molecule has 0 radical (unpaired) electrons. The van der Waals surface area contributed by atoms with E-state index in [1.54, 1.807) is 35.2 Å². The number of benzene rings is 1. The van der Waals surface area contributed by atoms with Crippen molar-refractivity contribution in [2.75, 3.05) is 38.8 Å². The molecule has 26 heavy (non-hydrogen) atoms. The highest BCUT2D eigenvalue weighted by Gasteiger charge is 2.28. The zero-order valence-electron chi connectivity index (χ0n) is 14.8. The second-order valence-electron chi connectivity index (χ2n) is 5.91. The number of anilines is 1. The van der Waals surface area contributed by atoms with E-state index >= 15 is 0 Å². The highest BCUT2D eigenvalue weighted by molar-refractivity contribution is 5.98. The van der Waals surface area contributed by atoms with Crippen molar-refractivity contribution >= 4 is 17.5 Å². The van der Waals surface area contributed by atoms with Crippen LogP contribution in [0.25, 0.3) is 0 Å². The van der Waals surface area contributed by atoms with E-state index in [-0.39, 0.29) is 24.8 Å². The number of hydrogen-bond donors (Lipinski definition) is 0. The minimum Gasteiger partial charge on any atom is -0.496 e. The summed E-state index contributed by atoms with van der Waals surface area (Å²) in [5.41, 5.74) is 1.53. The molecule has 7 nitrogen and oxygen atoms in total. The fourth-order valence-corrected chi connectivity index (χ4v) is 2.96. The number of aromatic nitrogens is 1. The molecule has 0 saturated carbocycles.